The Balaban J connectivity index is 1.14. The summed E-state index contributed by atoms with van der Waals surface area (Å²) in [6.45, 7) is 2.43. The highest BCUT2D eigenvalue weighted by molar-refractivity contribution is 7.12. The first kappa shape index (κ1) is 27.8. The Hall–Kier alpha value is -4.38. The normalized spacial score (nSPS) is 15.0. The molecule has 3 heterocycles. The van der Waals surface area contributed by atoms with Crippen LogP contribution < -0.4 is 9.64 Å². The van der Waals surface area contributed by atoms with Crippen molar-refractivity contribution < 1.29 is 27.5 Å². The molecule has 0 saturated heterocycles. The quantitative estimate of drug-likeness (QED) is 0.224. The monoisotopic (exact) mass is 590 g/mol. The second-order valence-corrected chi connectivity index (χ2v) is 11.5. The van der Waals surface area contributed by atoms with E-state index in [-0.39, 0.29) is 29.2 Å². The van der Waals surface area contributed by atoms with Crippen LogP contribution >= 0.6 is 11.3 Å². The van der Waals surface area contributed by atoms with Crippen molar-refractivity contribution in [1.29, 1.82) is 0 Å². The van der Waals surface area contributed by atoms with Gasteiger partial charge in [-0.15, -0.1) is 21.6 Å². The molecule has 214 valence electrons. The fraction of sp³-hybridized carbons (Fsp3) is 0.258. The third-order valence-electron chi connectivity index (χ3n) is 7.47. The fourth-order valence-corrected chi connectivity index (χ4v) is 6.18. The van der Waals surface area contributed by atoms with Gasteiger partial charge in [0, 0.05) is 40.2 Å². The molecule has 2 aliphatic heterocycles. The average Bonchev–Trinajstić information content (AvgIpc) is 3.58. The predicted molar refractivity (Wildman–Crippen MR) is 152 cm³/mol. The van der Waals surface area contributed by atoms with Crippen LogP contribution in [0.5, 0.6) is 5.75 Å². The number of amides is 1. The van der Waals surface area contributed by atoms with Gasteiger partial charge in [0.15, 0.2) is 0 Å². The molecule has 7 nitrogen and oxygen atoms in total. The summed E-state index contributed by atoms with van der Waals surface area (Å²) < 4.78 is 45.1. The minimum absolute atomic E-state index is 0.0751. The second kappa shape index (κ2) is 10.5. The van der Waals surface area contributed by atoms with Crippen molar-refractivity contribution in [3.63, 3.8) is 0 Å². The van der Waals surface area contributed by atoms with Crippen LogP contribution in [0.15, 0.2) is 77.0 Å². The standard InChI is InChI=1S/C31H25F3N4O3S/c1-18-28(35-27(42-18)17-24(39)15-19-3-10-25(41-2)11-4-19)22-7-12-26-21(16-22)13-14-38(26)29(40)20-5-8-23(9-6-20)30(36-37-30)31(32,33)34/h3-12,16H,13-15,17H2,1-2H3. The van der Waals surface area contributed by atoms with Gasteiger partial charge in [-0.05, 0) is 60.9 Å². The molecule has 2 aliphatic rings. The van der Waals surface area contributed by atoms with Crippen LogP contribution in [0.2, 0.25) is 0 Å². The smallest absolute Gasteiger partial charge is 0.442 e. The number of nitrogens with zero attached hydrogens (tertiary/aromatic N) is 4. The predicted octanol–water partition coefficient (Wildman–Crippen LogP) is 6.87. The number of ketones is 1. The van der Waals surface area contributed by atoms with Crippen LogP contribution in [0.25, 0.3) is 11.3 Å². The molecule has 0 unspecified atom stereocenters. The highest BCUT2D eigenvalue weighted by Crippen LogP contribution is 2.52. The topological polar surface area (TPSA) is 84.2 Å². The first-order valence-corrected chi connectivity index (χ1v) is 14.1. The molecule has 0 spiro atoms. The molecule has 0 N–H and O–H groups in total. The fourth-order valence-electron chi connectivity index (χ4n) is 5.20. The molecule has 1 aromatic heterocycles. The number of halogens is 3. The second-order valence-electron chi connectivity index (χ2n) is 10.3. The van der Waals surface area contributed by atoms with E-state index >= 15 is 0 Å². The summed E-state index contributed by atoms with van der Waals surface area (Å²) in [6.07, 6.45) is -3.42. The number of Topliss-reactive ketones (excluding diaryl/α,β-unsaturated/α-hetero) is 1. The van der Waals surface area contributed by atoms with E-state index < -0.39 is 11.8 Å². The highest BCUT2D eigenvalue weighted by Gasteiger charge is 2.65. The highest BCUT2D eigenvalue weighted by atomic mass is 32.1. The van der Waals surface area contributed by atoms with Gasteiger partial charge in [0.2, 0.25) is 0 Å². The van der Waals surface area contributed by atoms with Gasteiger partial charge in [-0.1, -0.05) is 30.3 Å². The lowest BCUT2D eigenvalue weighted by Crippen LogP contribution is -2.31. The maximum atomic E-state index is 13.3. The van der Waals surface area contributed by atoms with Gasteiger partial charge in [-0.3, -0.25) is 9.59 Å². The van der Waals surface area contributed by atoms with Crippen molar-refractivity contribution in [2.75, 3.05) is 18.6 Å². The molecular weight excluding hydrogens is 565 g/mol. The van der Waals surface area contributed by atoms with E-state index in [4.69, 9.17) is 9.72 Å². The molecule has 0 saturated carbocycles. The van der Waals surface area contributed by atoms with E-state index in [2.05, 4.69) is 10.2 Å². The van der Waals surface area contributed by atoms with E-state index in [0.29, 0.717) is 19.4 Å². The van der Waals surface area contributed by atoms with Gasteiger partial charge in [-0.25, -0.2) is 4.98 Å². The number of hydrogen-bond acceptors (Lipinski definition) is 7. The lowest BCUT2D eigenvalue weighted by molar-refractivity contribution is -0.166. The van der Waals surface area contributed by atoms with Crippen molar-refractivity contribution >= 4 is 28.7 Å². The van der Waals surface area contributed by atoms with Gasteiger partial charge in [0.05, 0.1) is 19.2 Å². The SMILES string of the molecule is COc1ccc(CC(=O)Cc2nc(-c3ccc4c(c3)CCN4C(=O)c3ccc(C4(C(F)(F)F)N=N4)cc3)c(C)s2)cc1. The Kier molecular flexibility index (Phi) is 6.92. The Morgan fingerprint density at radius 2 is 1.71 bits per heavy atom. The number of anilines is 1. The molecule has 1 amide bonds. The van der Waals surface area contributed by atoms with Crippen molar-refractivity contribution in [2.24, 2.45) is 10.2 Å². The van der Waals surface area contributed by atoms with E-state index in [0.717, 1.165) is 43.7 Å². The number of carbonyl (C=O) groups is 2. The Bertz CT molecular complexity index is 1710. The Morgan fingerprint density at radius 3 is 2.36 bits per heavy atom. The van der Waals surface area contributed by atoms with Gasteiger partial charge in [0.1, 0.15) is 16.5 Å². The zero-order valence-electron chi connectivity index (χ0n) is 22.7. The molecule has 3 aromatic carbocycles. The van der Waals surface area contributed by atoms with E-state index in [9.17, 15) is 22.8 Å². The molecule has 0 radical (unpaired) electrons. The summed E-state index contributed by atoms with van der Waals surface area (Å²) in [6, 6.07) is 18.5. The largest absolute Gasteiger partial charge is 0.497 e. The maximum absolute atomic E-state index is 13.3. The number of aryl methyl sites for hydroxylation is 1. The Morgan fingerprint density at radius 1 is 1.00 bits per heavy atom. The summed E-state index contributed by atoms with van der Waals surface area (Å²) in [4.78, 5) is 33.4. The van der Waals surface area contributed by atoms with Crippen LogP contribution in [0.4, 0.5) is 18.9 Å². The van der Waals surface area contributed by atoms with E-state index in [1.54, 1.807) is 12.0 Å². The van der Waals surface area contributed by atoms with Crippen molar-refractivity contribution in [1.82, 2.24) is 4.98 Å². The van der Waals surface area contributed by atoms with E-state index in [1.165, 1.54) is 35.6 Å². The maximum Gasteiger partial charge on any atom is 0.442 e. The van der Waals surface area contributed by atoms with E-state index in [1.807, 2.05) is 49.4 Å². The molecule has 6 rings (SSSR count). The summed E-state index contributed by atoms with van der Waals surface area (Å²) in [7, 11) is 1.60. The minimum Gasteiger partial charge on any atom is -0.497 e. The number of benzene rings is 3. The minimum atomic E-state index is -4.62. The molecule has 0 fully saturated rings. The summed E-state index contributed by atoms with van der Waals surface area (Å²) in [5.74, 6) is 0.527. The molecule has 0 aliphatic carbocycles. The van der Waals surface area contributed by atoms with Crippen molar-refractivity contribution in [3.8, 4) is 17.0 Å². The molecule has 42 heavy (non-hydrogen) atoms. The van der Waals surface area contributed by atoms with Gasteiger partial charge < -0.3 is 9.64 Å². The van der Waals surface area contributed by atoms with Crippen LogP contribution in [-0.4, -0.2) is 36.5 Å². The molecule has 0 bridgehead atoms. The first-order chi connectivity index (χ1) is 20.1. The molecule has 0 atom stereocenters. The van der Waals surface area contributed by atoms with Crippen LogP contribution in [0.1, 0.15) is 36.9 Å². The lowest BCUT2D eigenvalue weighted by Gasteiger charge is -2.19. The van der Waals surface area contributed by atoms with Crippen LogP contribution in [0.3, 0.4) is 0 Å². The summed E-state index contributed by atoms with van der Waals surface area (Å²) in [5, 5.41) is 7.18. The van der Waals surface area contributed by atoms with Gasteiger partial charge in [-0.2, -0.15) is 13.2 Å². The zero-order chi connectivity index (χ0) is 29.6. The number of alkyl halides is 3. The first-order valence-electron chi connectivity index (χ1n) is 13.3. The summed E-state index contributed by atoms with van der Waals surface area (Å²) in [5.41, 5.74) is 2.04. The van der Waals surface area contributed by atoms with Crippen LogP contribution in [0, 0.1) is 6.92 Å². The number of methoxy groups -OCH3 is 1. The third kappa shape index (κ3) is 5.09. The number of fused-ring (bicyclic) bond motifs is 1. The number of aromatic nitrogens is 1. The molecular formula is C31H25F3N4O3S. The number of thiazole rings is 1. The number of ether oxygens (including phenoxy) is 1. The molecule has 11 heteroatoms. The number of carbonyl (C=O) groups excluding carboxylic acids is 2. The average molecular weight is 591 g/mol. The zero-order valence-corrected chi connectivity index (χ0v) is 23.6. The van der Waals surface area contributed by atoms with Gasteiger partial charge >= 0.3 is 11.8 Å². The van der Waals surface area contributed by atoms with Crippen molar-refractivity contribution in [2.45, 2.75) is 38.0 Å². The number of rotatable bonds is 8. The van der Waals surface area contributed by atoms with Crippen molar-refractivity contribution in [3.05, 3.63) is 98.9 Å². The molecule has 4 aromatic rings. The Labute approximate surface area is 243 Å². The summed E-state index contributed by atoms with van der Waals surface area (Å²) >= 11 is 1.50. The lowest BCUT2D eigenvalue weighted by atomic mass is 10.0. The third-order valence-corrected chi connectivity index (χ3v) is 8.44. The number of hydrogen-bond donors (Lipinski definition) is 0. The van der Waals surface area contributed by atoms with Crippen LogP contribution in [-0.2, 0) is 29.7 Å². The van der Waals surface area contributed by atoms with Gasteiger partial charge in [0.25, 0.3) is 5.91 Å².